The molecule has 1 aromatic rings. The van der Waals surface area contributed by atoms with Crippen molar-refractivity contribution < 1.29 is 4.79 Å². The van der Waals surface area contributed by atoms with Gasteiger partial charge in [-0.1, -0.05) is 13.0 Å². The molecule has 4 heteroatoms. The van der Waals surface area contributed by atoms with E-state index in [1.807, 2.05) is 19.1 Å². The highest BCUT2D eigenvalue weighted by Gasteiger charge is 2.20. The average molecular weight is 233 g/mol. The second kappa shape index (κ2) is 5.08. The molecule has 0 bridgehead atoms. The minimum atomic E-state index is 0.0853. The maximum atomic E-state index is 11.7. The van der Waals surface area contributed by atoms with Gasteiger partial charge in [0.15, 0.2) is 0 Å². The average Bonchev–Trinajstić information content (AvgIpc) is 2.69. The van der Waals surface area contributed by atoms with Gasteiger partial charge >= 0.3 is 0 Å². The SMILES string of the molecule is CCCNC(=O)CN1CCc2ccc(N)cc21. The van der Waals surface area contributed by atoms with Crippen LogP contribution in [0.25, 0.3) is 0 Å². The van der Waals surface area contributed by atoms with Crippen molar-refractivity contribution in [2.24, 2.45) is 0 Å². The molecule has 0 radical (unpaired) electrons. The second-order valence-corrected chi connectivity index (χ2v) is 4.41. The second-order valence-electron chi connectivity index (χ2n) is 4.41. The third kappa shape index (κ3) is 2.70. The van der Waals surface area contributed by atoms with E-state index in [1.165, 1.54) is 5.56 Å². The molecule has 17 heavy (non-hydrogen) atoms. The number of anilines is 2. The van der Waals surface area contributed by atoms with Crippen molar-refractivity contribution in [3.63, 3.8) is 0 Å². The van der Waals surface area contributed by atoms with Crippen molar-refractivity contribution in [1.29, 1.82) is 0 Å². The lowest BCUT2D eigenvalue weighted by Crippen LogP contribution is -2.36. The zero-order chi connectivity index (χ0) is 12.3. The maximum Gasteiger partial charge on any atom is 0.239 e. The Labute approximate surface area is 102 Å². The van der Waals surface area contributed by atoms with Gasteiger partial charge < -0.3 is 16.0 Å². The summed E-state index contributed by atoms with van der Waals surface area (Å²) in [6.07, 6.45) is 1.96. The van der Waals surface area contributed by atoms with E-state index in [1.54, 1.807) is 0 Å². The van der Waals surface area contributed by atoms with Crippen LogP contribution in [-0.2, 0) is 11.2 Å². The topological polar surface area (TPSA) is 58.4 Å². The number of hydrogen-bond acceptors (Lipinski definition) is 3. The first-order chi connectivity index (χ1) is 8.20. The van der Waals surface area contributed by atoms with Gasteiger partial charge in [0, 0.05) is 24.5 Å². The summed E-state index contributed by atoms with van der Waals surface area (Å²) in [6, 6.07) is 5.92. The van der Waals surface area contributed by atoms with Crippen LogP contribution in [0.1, 0.15) is 18.9 Å². The minimum absolute atomic E-state index is 0.0853. The van der Waals surface area contributed by atoms with Gasteiger partial charge in [-0.3, -0.25) is 4.79 Å². The summed E-state index contributed by atoms with van der Waals surface area (Å²) in [5.74, 6) is 0.0853. The van der Waals surface area contributed by atoms with Crippen LogP contribution in [-0.4, -0.2) is 25.5 Å². The number of rotatable bonds is 4. The number of carbonyl (C=O) groups excluding carboxylic acids is 1. The molecule has 1 amide bonds. The van der Waals surface area contributed by atoms with E-state index in [2.05, 4.69) is 16.3 Å². The van der Waals surface area contributed by atoms with E-state index >= 15 is 0 Å². The Morgan fingerprint density at radius 2 is 2.35 bits per heavy atom. The zero-order valence-corrected chi connectivity index (χ0v) is 10.2. The number of nitrogens with two attached hydrogens (primary N) is 1. The predicted octanol–water partition coefficient (Wildman–Crippen LogP) is 1.16. The van der Waals surface area contributed by atoms with Gasteiger partial charge in [0.1, 0.15) is 0 Å². The molecule has 4 nitrogen and oxygen atoms in total. The highest BCUT2D eigenvalue weighted by molar-refractivity contribution is 5.82. The first kappa shape index (κ1) is 11.8. The lowest BCUT2D eigenvalue weighted by atomic mass is 10.1. The van der Waals surface area contributed by atoms with Gasteiger partial charge in [-0.15, -0.1) is 0 Å². The normalized spacial score (nSPS) is 13.6. The van der Waals surface area contributed by atoms with Gasteiger partial charge in [-0.2, -0.15) is 0 Å². The largest absolute Gasteiger partial charge is 0.399 e. The molecule has 2 rings (SSSR count). The van der Waals surface area contributed by atoms with Crippen LogP contribution in [0.15, 0.2) is 18.2 Å². The summed E-state index contributed by atoms with van der Waals surface area (Å²) < 4.78 is 0. The summed E-state index contributed by atoms with van der Waals surface area (Å²) in [4.78, 5) is 13.8. The molecule has 0 atom stereocenters. The van der Waals surface area contributed by atoms with Crippen LogP contribution in [0.4, 0.5) is 11.4 Å². The summed E-state index contributed by atoms with van der Waals surface area (Å²) in [5.41, 5.74) is 8.92. The molecule has 0 spiro atoms. The van der Waals surface area contributed by atoms with Gasteiger partial charge in [-0.05, 0) is 30.5 Å². The fraction of sp³-hybridized carbons (Fsp3) is 0.462. The Kier molecular flexibility index (Phi) is 3.52. The van der Waals surface area contributed by atoms with Gasteiger partial charge in [-0.25, -0.2) is 0 Å². The molecule has 1 aromatic carbocycles. The number of nitrogen functional groups attached to an aromatic ring is 1. The highest BCUT2D eigenvalue weighted by atomic mass is 16.2. The number of amides is 1. The van der Waals surface area contributed by atoms with Crippen LogP contribution in [0.3, 0.4) is 0 Å². The Morgan fingerprint density at radius 3 is 3.12 bits per heavy atom. The Morgan fingerprint density at radius 1 is 1.53 bits per heavy atom. The van der Waals surface area contributed by atoms with Crippen molar-refractivity contribution in [1.82, 2.24) is 5.32 Å². The lowest BCUT2D eigenvalue weighted by molar-refractivity contribution is -0.119. The van der Waals surface area contributed by atoms with E-state index in [0.717, 1.165) is 37.3 Å². The number of benzene rings is 1. The number of hydrogen-bond donors (Lipinski definition) is 2. The van der Waals surface area contributed by atoms with E-state index in [-0.39, 0.29) is 5.91 Å². The molecule has 0 aliphatic carbocycles. The third-order valence-corrected chi connectivity index (χ3v) is 3.01. The Balaban J connectivity index is 2.01. The monoisotopic (exact) mass is 233 g/mol. The molecule has 0 saturated heterocycles. The number of carbonyl (C=O) groups is 1. The fourth-order valence-corrected chi connectivity index (χ4v) is 2.12. The van der Waals surface area contributed by atoms with Crippen molar-refractivity contribution in [3.8, 4) is 0 Å². The Hall–Kier alpha value is -1.71. The molecule has 1 heterocycles. The number of fused-ring (bicyclic) bond motifs is 1. The van der Waals surface area contributed by atoms with E-state index < -0.39 is 0 Å². The molecule has 3 N–H and O–H groups in total. The van der Waals surface area contributed by atoms with Crippen LogP contribution in [0, 0.1) is 0 Å². The van der Waals surface area contributed by atoms with Crippen molar-refractivity contribution in [3.05, 3.63) is 23.8 Å². The smallest absolute Gasteiger partial charge is 0.239 e. The molecule has 0 unspecified atom stereocenters. The van der Waals surface area contributed by atoms with Crippen molar-refractivity contribution >= 4 is 17.3 Å². The van der Waals surface area contributed by atoms with Crippen LogP contribution in [0.5, 0.6) is 0 Å². The first-order valence-corrected chi connectivity index (χ1v) is 6.10. The summed E-state index contributed by atoms with van der Waals surface area (Å²) >= 11 is 0. The predicted molar refractivity (Wildman–Crippen MR) is 70.1 cm³/mol. The zero-order valence-electron chi connectivity index (χ0n) is 10.2. The molecule has 0 saturated carbocycles. The van der Waals surface area contributed by atoms with Gasteiger partial charge in [0.25, 0.3) is 0 Å². The quantitative estimate of drug-likeness (QED) is 0.767. The number of nitrogens with zero attached hydrogens (tertiary/aromatic N) is 1. The van der Waals surface area contributed by atoms with E-state index in [4.69, 9.17) is 5.73 Å². The minimum Gasteiger partial charge on any atom is -0.399 e. The van der Waals surface area contributed by atoms with Crippen molar-refractivity contribution in [2.45, 2.75) is 19.8 Å². The summed E-state index contributed by atoms with van der Waals surface area (Å²) in [6.45, 7) is 4.12. The molecule has 1 aliphatic rings. The molecule has 92 valence electrons. The first-order valence-electron chi connectivity index (χ1n) is 6.10. The van der Waals surface area contributed by atoms with E-state index in [9.17, 15) is 4.79 Å². The van der Waals surface area contributed by atoms with Crippen LogP contribution in [0.2, 0.25) is 0 Å². The number of nitrogens with one attached hydrogen (secondary N) is 1. The molecular formula is C13H19N3O. The molecule has 0 fully saturated rings. The lowest BCUT2D eigenvalue weighted by Gasteiger charge is -2.19. The summed E-state index contributed by atoms with van der Waals surface area (Å²) in [5, 5.41) is 2.89. The molecule has 1 aliphatic heterocycles. The fourth-order valence-electron chi connectivity index (χ4n) is 2.12. The van der Waals surface area contributed by atoms with Crippen LogP contribution < -0.4 is 16.0 Å². The van der Waals surface area contributed by atoms with Crippen molar-refractivity contribution in [2.75, 3.05) is 30.3 Å². The molecular weight excluding hydrogens is 214 g/mol. The maximum absolute atomic E-state index is 11.7. The Bertz CT molecular complexity index is 417. The third-order valence-electron chi connectivity index (χ3n) is 3.01. The van der Waals surface area contributed by atoms with E-state index in [0.29, 0.717) is 6.54 Å². The molecule has 0 aromatic heterocycles. The summed E-state index contributed by atoms with van der Waals surface area (Å²) in [7, 11) is 0. The van der Waals surface area contributed by atoms with Crippen LogP contribution >= 0.6 is 0 Å². The highest BCUT2D eigenvalue weighted by Crippen LogP contribution is 2.29. The van der Waals surface area contributed by atoms with Gasteiger partial charge in [0.05, 0.1) is 6.54 Å². The van der Waals surface area contributed by atoms with Gasteiger partial charge in [0.2, 0.25) is 5.91 Å². The standard InChI is InChI=1S/C13H19N3O/c1-2-6-15-13(17)9-16-7-5-10-3-4-11(14)8-12(10)16/h3-4,8H,2,5-7,9,14H2,1H3,(H,15,17).